The van der Waals surface area contributed by atoms with Gasteiger partial charge in [-0.05, 0) is 12.1 Å². The van der Waals surface area contributed by atoms with E-state index < -0.39 is 34.7 Å². The first-order valence-electron chi connectivity index (χ1n) is 5.27. The Bertz CT molecular complexity index is 657. The first kappa shape index (κ1) is 13.7. The minimum Gasteiger partial charge on any atom is -0.382 e. The number of nitrogens with two attached hydrogens (primary N) is 2. The van der Waals surface area contributed by atoms with Crippen LogP contribution in [0.15, 0.2) is 24.4 Å². The number of rotatable bonds is 2. The van der Waals surface area contributed by atoms with E-state index in [1.807, 2.05) is 0 Å². The van der Waals surface area contributed by atoms with E-state index in [2.05, 4.69) is 15.2 Å². The molecule has 2 heterocycles. The molecule has 0 aliphatic heterocycles. The lowest BCUT2D eigenvalue weighted by molar-refractivity contribution is -0.137. The zero-order chi connectivity index (χ0) is 14.9. The molecule has 0 spiro atoms. The first-order chi connectivity index (χ1) is 9.32. The molecule has 0 radical (unpaired) electrons. The molecule has 9 heteroatoms. The Balaban J connectivity index is 2.85. The van der Waals surface area contributed by atoms with Gasteiger partial charge in [-0.25, -0.2) is 0 Å². The summed E-state index contributed by atoms with van der Waals surface area (Å²) in [4.78, 5) is 14.9. The van der Waals surface area contributed by atoms with Crippen LogP contribution >= 0.6 is 0 Å². The Kier molecular flexibility index (Phi) is 3.26. The van der Waals surface area contributed by atoms with Gasteiger partial charge in [0, 0.05) is 6.20 Å². The third-order valence-electron chi connectivity index (χ3n) is 2.44. The zero-order valence-corrected chi connectivity index (χ0v) is 9.85. The highest BCUT2D eigenvalue weighted by Gasteiger charge is 2.40. The van der Waals surface area contributed by atoms with E-state index in [1.165, 1.54) is 24.4 Å². The minimum absolute atomic E-state index is 0.0743. The molecular weight excluding hydrogens is 275 g/mol. The maximum Gasteiger partial charge on any atom is 0.419 e. The third kappa shape index (κ3) is 2.37. The molecule has 0 aliphatic carbocycles. The number of primary amides is 1. The maximum absolute atomic E-state index is 13.2. The summed E-state index contributed by atoms with van der Waals surface area (Å²) < 4.78 is 39.5. The molecule has 0 unspecified atom stereocenters. The summed E-state index contributed by atoms with van der Waals surface area (Å²) in [5, 5.41) is 6.47. The molecule has 0 fully saturated rings. The van der Waals surface area contributed by atoms with Crippen LogP contribution in [0.25, 0.3) is 11.3 Å². The summed E-state index contributed by atoms with van der Waals surface area (Å²) in [6, 6.07) is 4.32. The van der Waals surface area contributed by atoms with Gasteiger partial charge < -0.3 is 11.5 Å². The summed E-state index contributed by atoms with van der Waals surface area (Å²) >= 11 is 0. The van der Waals surface area contributed by atoms with Crippen LogP contribution in [0.3, 0.4) is 0 Å². The highest BCUT2D eigenvalue weighted by molar-refractivity contribution is 5.95. The number of hydrogen-bond acceptors (Lipinski definition) is 5. The Hall–Kier alpha value is -2.71. The van der Waals surface area contributed by atoms with Crippen LogP contribution in [0.4, 0.5) is 19.0 Å². The summed E-state index contributed by atoms with van der Waals surface area (Å²) in [7, 11) is 0. The molecule has 0 bridgehead atoms. The Morgan fingerprint density at radius 2 is 1.90 bits per heavy atom. The van der Waals surface area contributed by atoms with Crippen LogP contribution in [0.5, 0.6) is 0 Å². The molecule has 0 aromatic carbocycles. The van der Waals surface area contributed by atoms with E-state index in [-0.39, 0.29) is 5.69 Å². The SMILES string of the molecule is NC(=O)c1nnc(N)c(-c2ccccn2)c1C(F)(F)F. The van der Waals surface area contributed by atoms with Gasteiger partial charge in [-0.3, -0.25) is 9.78 Å². The highest BCUT2D eigenvalue weighted by Crippen LogP contribution is 2.39. The van der Waals surface area contributed by atoms with Crippen molar-refractivity contribution in [1.29, 1.82) is 0 Å². The summed E-state index contributed by atoms with van der Waals surface area (Å²) in [5.41, 5.74) is 7.44. The number of nitrogen functional groups attached to an aromatic ring is 1. The van der Waals surface area contributed by atoms with Crippen LogP contribution in [0, 0.1) is 0 Å². The van der Waals surface area contributed by atoms with Crippen molar-refractivity contribution >= 4 is 11.7 Å². The van der Waals surface area contributed by atoms with Gasteiger partial charge in [-0.1, -0.05) is 6.07 Å². The molecule has 0 saturated carbocycles. The second-order valence-corrected chi connectivity index (χ2v) is 3.76. The fourth-order valence-electron chi connectivity index (χ4n) is 1.67. The molecule has 2 rings (SSSR count). The van der Waals surface area contributed by atoms with Crippen molar-refractivity contribution in [2.24, 2.45) is 5.73 Å². The number of hydrogen-bond donors (Lipinski definition) is 2. The predicted octanol–water partition coefficient (Wildman–Crippen LogP) is 1.24. The van der Waals surface area contributed by atoms with Gasteiger partial charge in [0.25, 0.3) is 5.91 Å². The maximum atomic E-state index is 13.2. The Morgan fingerprint density at radius 3 is 2.40 bits per heavy atom. The summed E-state index contributed by atoms with van der Waals surface area (Å²) in [6.45, 7) is 0. The first-order valence-corrected chi connectivity index (χ1v) is 5.27. The second-order valence-electron chi connectivity index (χ2n) is 3.76. The number of aromatic nitrogens is 3. The van der Waals surface area contributed by atoms with Crippen molar-refractivity contribution in [1.82, 2.24) is 15.2 Å². The Labute approximate surface area is 110 Å². The average Bonchev–Trinajstić information content (AvgIpc) is 2.38. The highest BCUT2D eigenvalue weighted by atomic mass is 19.4. The molecule has 0 aliphatic rings. The number of anilines is 1. The van der Waals surface area contributed by atoms with Crippen LogP contribution in [0.2, 0.25) is 0 Å². The number of amides is 1. The van der Waals surface area contributed by atoms with Crippen molar-refractivity contribution in [3.63, 3.8) is 0 Å². The standard InChI is InChI=1S/C11H8F3N5O/c12-11(13,14)7-6(5-3-1-2-4-17-5)9(15)19-18-8(7)10(16)20/h1-4H,(H2,15,19)(H2,16,20). The lowest BCUT2D eigenvalue weighted by Crippen LogP contribution is -2.23. The number of carbonyl (C=O) groups excluding carboxylic acids is 1. The smallest absolute Gasteiger partial charge is 0.382 e. The fraction of sp³-hybridized carbons (Fsp3) is 0.0909. The number of nitrogens with zero attached hydrogens (tertiary/aromatic N) is 3. The van der Waals surface area contributed by atoms with Crippen LogP contribution in [0.1, 0.15) is 16.1 Å². The van der Waals surface area contributed by atoms with Gasteiger partial charge in [0.2, 0.25) is 0 Å². The van der Waals surface area contributed by atoms with E-state index in [9.17, 15) is 18.0 Å². The third-order valence-corrected chi connectivity index (χ3v) is 2.44. The van der Waals surface area contributed by atoms with Gasteiger partial charge in [0.15, 0.2) is 11.5 Å². The molecule has 4 N–H and O–H groups in total. The monoisotopic (exact) mass is 283 g/mol. The van der Waals surface area contributed by atoms with E-state index in [4.69, 9.17) is 11.5 Å². The number of alkyl halides is 3. The van der Waals surface area contributed by atoms with E-state index in [0.717, 1.165) is 0 Å². The normalized spacial score (nSPS) is 11.3. The van der Waals surface area contributed by atoms with Crippen molar-refractivity contribution in [3.8, 4) is 11.3 Å². The van der Waals surface area contributed by atoms with Crippen molar-refractivity contribution in [3.05, 3.63) is 35.7 Å². The van der Waals surface area contributed by atoms with Gasteiger partial charge in [-0.2, -0.15) is 13.2 Å². The van der Waals surface area contributed by atoms with Gasteiger partial charge >= 0.3 is 6.18 Å². The van der Waals surface area contributed by atoms with Crippen molar-refractivity contribution in [2.45, 2.75) is 6.18 Å². The molecular formula is C11H8F3N5O. The lowest BCUT2D eigenvalue weighted by atomic mass is 10.0. The molecule has 2 aromatic heterocycles. The number of halogens is 3. The van der Waals surface area contributed by atoms with E-state index >= 15 is 0 Å². The van der Waals surface area contributed by atoms with Crippen LogP contribution in [-0.2, 0) is 6.18 Å². The molecule has 2 aromatic rings. The molecule has 104 valence electrons. The summed E-state index contributed by atoms with van der Waals surface area (Å²) in [5.74, 6) is -1.83. The van der Waals surface area contributed by atoms with Gasteiger partial charge in [0.1, 0.15) is 5.56 Å². The van der Waals surface area contributed by atoms with Crippen molar-refractivity contribution < 1.29 is 18.0 Å². The Morgan fingerprint density at radius 1 is 1.20 bits per heavy atom. The number of carbonyl (C=O) groups is 1. The largest absolute Gasteiger partial charge is 0.419 e. The van der Waals surface area contributed by atoms with E-state index in [1.54, 1.807) is 0 Å². The lowest BCUT2D eigenvalue weighted by Gasteiger charge is -2.15. The average molecular weight is 283 g/mol. The van der Waals surface area contributed by atoms with Crippen molar-refractivity contribution in [2.75, 3.05) is 5.73 Å². The fourth-order valence-corrected chi connectivity index (χ4v) is 1.67. The zero-order valence-electron chi connectivity index (χ0n) is 9.85. The molecule has 0 atom stereocenters. The topological polar surface area (TPSA) is 108 Å². The van der Waals surface area contributed by atoms with Crippen LogP contribution < -0.4 is 11.5 Å². The quantitative estimate of drug-likeness (QED) is 0.862. The molecule has 1 amide bonds. The molecule has 6 nitrogen and oxygen atoms in total. The second kappa shape index (κ2) is 4.76. The van der Waals surface area contributed by atoms with Gasteiger partial charge in [0.05, 0.1) is 11.3 Å². The van der Waals surface area contributed by atoms with Crippen LogP contribution in [-0.4, -0.2) is 21.1 Å². The van der Waals surface area contributed by atoms with E-state index in [0.29, 0.717) is 0 Å². The summed E-state index contributed by atoms with van der Waals surface area (Å²) in [6.07, 6.45) is -3.58. The predicted molar refractivity (Wildman–Crippen MR) is 63.2 cm³/mol. The number of pyridine rings is 1. The minimum atomic E-state index is -4.87. The molecule has 0 saturated heterocycles. The van der Waals surface area contributed by atoms with Gasteiger partial charge in [-0.15, -0.1) is 10.2 Å². The molecule has 20 heavy (non-hydrogen) atoms.